The third kappa shape index (κ3) is 6.95. The molecule has 2 aromatic rings. The van der Waals surface area contributed by atoms with Crippen LogP contribution in [-0.2, 0) is 26.2 Å². The summed E-state index contributed by atoms with van der Waals surface area (Å²) < 4.78 is 32.0. The maximum Gasteiger partial charge on any atom is 0.244 e. The minimum absolute atomic E-state index is 0.175. The normalized spacial score (nSPS) is 12.0. The van der Waals surface area contributed by atoms with Gasteiger partial charge in [-0.25, -0.2) is 8.42 Å². The molecule has 0 aliphatic carbocycles. The Kier molecular flexibility index (Phi) is 9.28. The van der Waals surface area contributed by atoms with Crippen molar-refractivity contribution in [3.05, 3.63) is 59.7 Å². The summed E-state index contributed by atoms with van der Waals surface area (Å²) in [5, 5.41) is 2.74. The number of hydrogen-bond acceptors (Lipinski definition) is 5. The van der Waals surface area contributed by atoms with E-state index in [4.69, 9.17) is 4.74 Å². The van der Waals surface area contributed by atoms with E-state index in [1.165, 1.54) is 4.90 Å². The molecule has 2 aromatic carbocycles. The van der Waals surface area contributed by atoms with Gasteiger partial charge in [0.05, 0.1) is 18.6 Å². The molecule has 9 heteroatoms. The summed E-state index contributed by atoms with van der Waals surface area (Å²) in [5.74, 6) is -0.436. The van der Waals surface area contributed by atoms with Crippen LogP contribution in [0.2, 0.25) is 0 Å². The largest absolute Gasteiger partial charge is 0.492 e. The van der Waals surface area contributed by atoms with Gasteiger partial charge in [0.25, 0.3) is 0 Å². The van der Waals surface area contributed by atoms with Crippen molar-refractivity contribution in [2.24, 2.45) is 0 Å². The average Bonchev–Trinajstić information content (AvgIpc) is 2.76. The quantitative estimate of drug-likeness (QED) is 0.539. The second kappa shape index (κ2) is 11.7. The molecule has 0 aliphatic rings. The van der Waals surface area contributed by atoms with Crippen molar-refractivity contribution in [1.82, 2.24) is 10.2 Å². The first-order valence-electron chi connectivity index (χ1n) is 10.9. The summed E-state index contributed by atoms with van der Waals surface area (Å²) in [6.45, 7) is 7.64. The highest BCUT2D eigenvalue weighted by Crippen LogP contribution is 2.30. The number of rotatable bonds is 11. The van der Waals surface area contributed by atoms with Crippen LogP contribution in [0.4, 0.5) is 5.69 Å². The third-order valence-electron chi connectivity index (χ3n) is 5.23. The molecule has 0 saturated heterocycles. The molecular weight excluding hydrogens is 442 g/mol. The van der Waals surface area contributed by atoms with Crippen LogP contribution in [0.3, 0.4) is 0 Å². The number of para-hydroxylation sites is 2. The minimum Gasteiger partial charge on any atom is -0.492 e. The van der Waals surface area contributed by atoms with Gasteiger partial charge in [0.1, 0.15) is 18.3 Å². The maximum absolute atomic E-state index is 13.5. The molecule has 2 rings (SSSR count). The number of likely N-dealkylation sites (N-methyl/N-ethyl adjacent to an activating group) is 1. The van der Waals surface area contributed by atoms with Crippen molar-refractivity contribution in [2.75, 3.05) is 30.3 Å². The Morgan fingerprint density at radius 2 is 1.70 bits per heavy atom. The van der Waals surface area contributed by atoms with Crippen LogP contribution in [0.15, 0.2) is 48.5 Å². The van der Waals surface area contributed by atoms with Crippen molar-refractivity contribution in [1.29, 1.82) is 0 Å². The van der Waals surface area contributed by atoms with Gasteiger partial charge in [-0.2, -0.15) is 0 Å². The van der Waals surface area contributed by atoms with Gasteiger partial charge in [0.2, 0.25) is 21.8 Å². The number of carbonyl (C=O) groups is 2. The number of hydrogen-bond donors (Lipinski definition) is 1. The molecule has 33 heavy (non-hydrogen) atoms. The second-order valence-corrected chi connectivity index (χ2v) is 9.60. The lowest BCUT2D eigenvalue weighted by atomic mass is 10.1. The molecule has 0 saturated carbocycles. The Morgan fingerprint density at radius 3 is 2.30 bits per heavy atom. The molecule has 0 bridgehead atoms. The van der Waals surface area contributed by atoms with Crippen LogP contribution < -0.4 is 14.4 Å². The summed E-state index contributed by atoms with van der Waals surface area (Å²) in [7, 11) is -3.82. The summed E-state index contributed by atoms with van der Waals surface area (Å²) in [5.41, 5.74) is 2.12. The van der Waals surface area contributed by atoms with E-state index in [0.717, 1.165) is 21.7 Å². The number of sulfonamides is 1. The number of nitrogens with one attached hydrogen (secondary N) is 1. The van der Waals surface area contributed by atoms with E-state index in [0.29, 0.717) is 18.9 Å². The van der Waals surface area contributed by atoms with Gasteiger partial charge in [0.15, 0.2) is 0 Å². The van der Waals surface area contributed by atoms with Crippen LogP contribution in [0.25, 0.3) is 0 Å². The number of anilines is 1. The summed E-state index contributed by atoms with van der Waals surface area (Å²) in [6, 6.07) is 13.5. The number of amides is 2. The van der Waals surface area contributed by atoms with Gasteiger partial charge < -0.3 is 15.0 Å². The molecule has 1 N–H and O–H groups in total. The smallest absolute Gasteiger partial charge is 0.244 e. The van der Waals surface area contributed by atoms with Crippen LogP contribution in [0, 0.1) is 6.92 Å². The minimum atomic E-state index is -3.82. The zero-order chi connectivity index (χ0) is 24.6. The van der Waals surface area contributed by atoms with E-state index < -0.39 is 28.5 Å². The molecule has 0 radical (unpaired) electrons. The third-order valence-corrected chi connectivity index (χ3v) is 6.36. The van der Waals surface area contributed by atoms with E-state index in [9.17, 15) is 18.0 Å². The average molecular weight is 476 g/mol. The number of nitrogens with zero attached hydrogens (tertiary/aromatic N) is 2. The van der Waals surface area contributed by atoms with Crippen molar-refractivity contribution in [3.8, 4) is 5.75 Å². The van der Waals surface area contributed by atoms with Crippen molar-refractivity contribution >= 4 is 27.5 Å². The molecular formula is C24H33N3O5S. The fraction of sp³-hybridized carbons (Fsp3) is 0.417. The fourth-order valence-corrected chi connectivity index (χ4v) is 4.26. The van der Waals surface area contributed by atoms with Crippen molar-refractivity contribution in [2.45, 2.75) is 40.3 Å². The number of benzene rings is 2. The molecule has 1 atom stereocenters. The zero-order valence-electron chi connectivity index (χ0n) is 19.9. The van der Waals surface area contributed by atoms with Gasteiger partial charge in [-0.15, -0.1) is 0 Å². The van der Waals surface area contributed by atoms with Crippen LogP contribution in [-0.4, -0.2) is 57.1 Å². The maximum atomic E-state index is 13.5. The molecule has 0 aliphatic heterocycles. The lowest BCUT2D eigenvalue weighted by Crippen LogP contribution is -2.51. The first-order valence-corrected chi connectivity index (χ1v) is 12.8. The van der Waals surface area contributed by atoms with Crippen molar-refractivity contribution < 1.29 is 22.7 Å². The van der Waals surface area contributed by atoms with E-state index in [2.05, 4.69) is 5.32 Å². The Balaban J connectivity index is 2.44. The van der Waals surface area contributed by atoms with Gasteiger partial charge in [0, 0.05) is 13.1 Å². The number of ether oxygens (including phenoxy) is 1. The lowest BCUT2D eigenvalue weighted by molar-refractivity contribution is -0.139. The summed E-state index contributed by atoms with van der Waals surface area (Å²) in [4.78, 5) is 27.5. The number of carbonyl (C=O) groups excluding carboxylic acids is 2. The predicted molar refractivity (Wildman–Crippen MR) is 130 cm³/mol. The van der Waals surface area contributed by atoms with E-state index >= 15 is 0 Å². The molecule has 0 heterocycles. The Hall–Kier alpha value is -3.07. The van der Waals surface area contributed by atoms with Gasteiger partial charge in [-0.05, 0) is 51.0 Å². The Bertz CT molecular complexity index is 1070. The first-order chi connectivity index (χ1) is 15.6. The second-order valence-electron chi connectivity index (χ2n) is 7.69. The predicted octanol–water partition coefficient (Wildman–Crippen LogP) is 2.71. The highest BCUT2D eigenvalue weighted by Gasteiger charge is 2.31. The van der Waals surface area contributed by atoms with Crippen LogP contribution in [0.5, 0.6) is 5.75 Å². The molecule has 0 aromatic heterocycles. The van der Waals surface area contributed by atoms with Gasteiger partial charge in [-0.1, -0.05) is 36.4 Å². The monoisotopic (exact) mass is 475 g/mol. The lowest BCUT2D eigenvalue weighted by Gasteiger charge is -2.32. The Morgan fingerprint density at radius 1 is 1.06 bits per heavy atom. The van der Waals surface area contributed by atoms with Gasteiger partial charge >= 0.3 is 0 Å². The standard InChI is InChI=1S/C24H33N3O5S/c1-6-25-24(29)19(4)26(16-20-13-9-8-12-18(20)3)23(28)17-27(33(5,30)31)21-14-10-11-15-22(21)32-7-2/h8-15,19H,6-7,16-17H2,1-5H3,(H,25,29)/t19-/m0/s1. The topological polar surface area (TPSA) is 96.0 Å². The van der Waals surface area contributed by atoms with Gasteiger partial charge in [-0.3, -0.25) is 13.9 Å². The van der Waals surface area contributed by atoms with Crippen LogP contribution in [0.1, 0.15) is 31.9 Å². The SMILES string of the molecule is CCNC(=O)[C@H](C)N(Cc1ccccc1C)C(=O)CN(c1ccccc1OCC)S(C)(=O)=O. The summed E-state index contributed by atoms with van der Waals surface area (Å²) >= 11 is 0. The molecule has 180 valence electrons. The fourth-order valence-electron chi connectivity index (χ4n) is 3.41. The number of aryl methyl sites for hydroxylation is 1. The Labute approximate surface area is 196 Å². The molecule has 8 nitrogen and oxygen atoms in total. The highest BCUT2D eigenvalue weighted by molar-refractivity contribution is 7.92. The van der Waals surface area contributed by atoms with Crippen LogP contribution >= 0.6 is 0 Å². The highest BCUT2D eigenvalue weighted by atomic mass is 32.2. The van der Waals surface area contributed by atoms with E-state index in [1.54, 1.807) is 45.0 Å². The zero-order valence-corrected chi connectivity index (χ0v) is 20.7. The van der Waals surface area contributed by atoms with E-state index in [1.807, 2.05) is 31.2 Å². The molecule has 0 unspecified atom stereocenters. The summed E-state index contributed by atoms with van der Waals surface area (Å²) in [6.07, 6.45) is 1.04. The molecule has 2 amide bonds. The van der Waals surface area contributed by atoms with E-state index in [-0.39, 0.29) is 18.1 Å². The first kappa shape index (κ1) is 26.2. The molecule has 0 spiro atoms. The van der Waals surface area contributed by atoms with Crippen molar-refractivity contribution in [3.63, 3.8) is 0 Å². The molecule has 0 fully saturated rings.